The first-order valence-electron chi connectivity index (χ1n) is 21.6. The molecule has 1 aliphatic heterocycles. The highest BCUT2D eigenvalue weighted by atomic mass is 16.5. The van der Waals surface area contributed by atoms with Gasteiger partial charge in [0, 0.05) is 51.5 Å². The van der Waals surface area contributed by atoms with E-state index in [2.05, 4.69) is 130 Å². The number of aryl methyl sites for hydroxylation is 1. The number of rotatable bonds is 8. The smallest absolute Gasteiger partial charge is 0.137 e. The second-order valence-corrected chi connectivity index (χ2v) is 15.0. The van der Waals surface area contributed by atoms with Crippen LogP contribution in [-0.2, 0) is 0 Å². The molecule has 0 radical (unpaired) electrons. The van der Waals surface area contributed by atoms with Crippen molar-refractivity contribution in [2.75, 3.05) is 16.5 Å². The zero-order valence-corrected chi connectivity index (χ0v) is 32.9. The van der Waals surface area contributed by atoms with E-state index in [1.54, 1.807) is 6.07 Å². The molecule has 1 aliphatic rings. The topological polar surface area (TPSA) is 33.5 Å². The standard InChI is InChI=1S/C55H40N4O/c1-38-33-54(56-36-49(38)41-21-9-4-10-22-41)59-50-28-12-11-25-47(50)48-32-31-44(35-53(48)59)60-43-24-15-23-42(34-43)57-37-58(52-30-14-13-29-51(52)57)55-45(39-17-5-2-6-18-39)26-16-27-46(55)40-19-7-3-8-20-40/h2-36H,37H2,1H3/i15D,23D,24D. The first-order valence-corrected chi connectivity index (χ1v) is 20.1. The monoisotopic (exact) mass is 775 g/mol. The predicted octanol–water partition coefficient (Wildman–Crippen LogP) is 14.5. The summed E-state index contributed by atoms with van der Waals surface area (Å²) in [4.78, 5) is 9.35. The van der Waals surface area contributed by atoms with E-state index in [-0.39, 0.29) is 23.9 Å². The molecule has 0 saturated heterocycles. The van der Waals surface area contributed by atoms with Crippen LogP contribution in [0.1, 0.15) is 9.68 Å². The fourth-order valence-electron chi connectivity index (χ4n) is 8.67. The maximum Gasteiger partial charge on any atom is 0.137 e. The molecular weight excluding hydrogens is 733 g/mol. The number of nitrogens with zero attached hydrogens (tertiary/aromatic N) is 4. The number of fused-ring (bicyclic) bond motifs is 4. The third-order valence-electron chi connectivity index (χ3n) is 11.4. The molecule has 0 spiro atoms. The van der Waals surface area contributed by atoms with E-state index in [9.17, 15) is 1.37 Å². The largest absolute Gasteiger partial charge is 0.457 e. The van der Waals surface area contributed by atoms with Gasteiger partial charge in [0.05, 0.1) is 32.2 Å². The summed E-state index contributed by atoms with van der Waals surface area (Å²) >= 11 is 0. The number of hydrogen-bond acceptors (Lipinski definition) is 4. The fourth-order valence-corrected chi connectivity index (χ4v) is 8.67. The SMILES string of the molecule is [2H]c1c(Oc2ccc3c4ccccc4n(-c4cc(C)c(-c5ccccc5)cn4)c3c2)cc(N2CN(c3c(-c4ccccc4)cccc3-c3ccccc3)c3ccccc32)c([2H])c1[2H]. The van der Waals surface area contributed by atoms with Gasteiger partial charge in [-0.25, -0.2) is 4.98 Å². The third-order valence-corrected chi connectivity index (χ3v) is 11.4. The van der Waals surface area contributed by atoms with Crippen LogP contribution in [0.2, 0.25) is 0 Å². The maximum atomic E-state index is 9.29. The quantitative estimate of drug-likeness (QED) is 0.154. The van der Waals surface area contributed by atoms with E-state index < -0.39 is 0 Å². The van der Waals surface area contributed by atoms with E-state index in [0.29, 0.717) is 18.1 Å². The summed E-state index contributed by atoms with van der Waals surface area (Å²) in [6.07, 6.45) is 1.94. The maximum absolute atomic E-state index is 9.29. The molecule has 3 heterocycles. The first kappa shape index (κ1) is 32.1. The Labute approximate surface area is 353 Å². The van der Waals surface area contributed by atoms with Gasteiger partial charge in [-0.15, -0.1) is 0 Å². The summed E-state index contributed by atoms with van der Waals surface area (Å²) in [5.74, 6) is 1.49. The Morgan fingerprint density at radius 1 is 0.517 bits per heavy atom. The van der Waals surface area contributed by atoms with Crippen molar-refractivity contribution in [1.29, 1.82) is 0 Å². The minimum atomic E-state index is -0.207. The van der Waals surface area contributed by atoms with Gasteiger partial charge >= 0.3 is 0 Å². The van der Waals surface area contributed by atoms with Crippen LogP contribution in [0, 0.1) is 6.92 Å². The van der Waals surface area contributed by atoms with E-state index in [1.165, 1.54) is 0 Å². The summed E-state index contributed by atoms with van der Waals surface area (Å²) < 4.78 is 36.2. The summed E-state index contributed by atoms with van der Waals surface area (Å²) in [5.41, 5.74) is 12.9. The van der Waals surface area contributed by atoms with Crippen LogP contribution >= 0.6 is 0 Å². The highest BCUT2D eigenvalue weighted by Crippen LogP contribution is 2.50. The van der Waals surface area contributed by atoms with Crippen LogP contribution in [-0.4, -0.2) is 16.2 Å². The lowest BCUT2D eigenvalue weighted by Crippen LogP contribution is -2.24. The normalized spacial score (nSPS) is 13.0. The Kier molecular flexibility index (Phi) is 7.92. The van der Waals surface area contributed by atoms with Crippen LogP contribution in [0.3, 0.4) is 0 Å². The van der Waals surface area contributed by atoms with E-state index >= 15 is 0 Å². The first-order chi connectivity index (χ1) is 30.9. The van der Waals surface area contributed by atoms with Gasteiger partial charge in [0.15, 0.2) is 0 Å². The van der Waals surface area contributed by atoms with Crippen LogP contribution in [0.4, 0.5) is 22.7 Å². The van der Waals surface area contributed by atoms with Gasteiger partial charge in [-0.3, -0.25) is 4.57 Å². The minimum absolute atomic E-state index is 0.0420. The molecule has 0 amide bonds. The molecule has 0 N–H and O–H groups in total. The van der Waals surface area contributed by atoms with Gasteiger partial charge in [0.2, 0.25) is 0 Å². The molecule has 8 aromatic carbocycles. The highest BCUT2D eigenvalue weighted by molar-refractivity contribution is 6.09. The fraction of sp³-hybridized carbons (Fsp3) is 0.0364. The molecule has 10 aromatic rings. The zero-order chi connectivity index (χ0) is 42.6. The second kappa shape index (κ2) is 14.8. The third kappa shape index (κ3) is 6.16. The Hall–Kier alpha value is -7.89. The summed E-state index contributed by atoms with van der Waals surface area (Å²) in [6.45, 7) is 2.48. The van der Waals surface area contributed by atoms with Crippen molar-refractivity contribution in [2.24, 2.45) is 0 Å². The number of anilines is 4. The van der Waals surface area contributed by atoms with E-state index in [4.69, 9.17) is 12.5 Å². The molecule has 0 fully saturated rings. The average Bonchev–Trinajstić information content (AvgIpc) is 3.88. The van der Waals surface area contributed by atoms with Crippen LogP contribution in [0.5, 0.6) is 11.5 Å². The van der Waals surface area contributed by atoms with Gasteiger partial charge in [-0.05, 0) is 77.7 Å². The molecule has 2 aromatic heterocycles. The van der Waals surface area contributed by atoms with Crippen molar-refractivity contribution in [1.82, 2.24) is 9.55 Å². The van der Waals surface area contributed by atoms with Crippen molar-refractivity contribution in [3.63, 3.8) is 0 Å². The van der Waals surface area contributed by atoms with Gasteiger partial charge in [0.1, 0.15) is 24.0 Å². The molecule has 0 atom stereocenters. The van der Waals surface area contributed by atoms with Crippen LogP contribution in [0.25, 0.3) is 61.0 Å². The lowest BCUT2D eigenvalue weighted by Gasteiger charge is -2.27. The number of pyridine rings is 1. The molecule has 60 heavy (non-hydrogen) atoms. The van der Waals surface area contributed by atoms with Gasteiger partial charge in [-0.2, -0.15) is 0 Å². The number of aromatic nitrogens is 2. The lowest BCUT2D eigenvalue weighted by atomic mass is 9.95. The van der Waals surface area contributed by atoms with Crippen molar-refractivity contribution < 1.29 is 8.85 Å². The molecule has 0 aliphatic carbocycles. The van der Waals surface area contributed by atoms with Gasteiger partial charge < -0.3 is 14.5 Å². The second-order valence-electron chi connectivity index (χ2n) is 15.0. The van der Waals surface area contributed by atoms with Gasteiger partial charge in [-0.1, -0.05) is 146 Å². The molecular formula is C55H40N4O. The highest BCUT2D eigenvalue weighted by Gasteiger charge is 2.31. The molecule has 11 rings (SSSR count). The molecule has 286 valence electrons. The minimum Gasteiger partial charge on any atom is -0.457 e. The number of para-hydroxylation sites is 4. The number of hydrogen-bond donors (Lipinski definition) is 0. The van der Waals surface area contributed by atoms with Crippen molar-refractivity contribution >= 4 is 44.6 Å². The Morgan fingerprint density at radius 2 is 1.12 bits per heavy atom. The number of benzene rings is 8. The molecule has 0 unspecified atom stereocenters. The van der Waals surface area contributed by atoms with Gasteiger partial charge in [0.25, 0.3) is 0 Å². The molecule has 5 nitrogen and oxygen atoms in total. The number of ether oxygens (including phenoxy) is 1. The summed E-state index contributed by atoms with van der Waals surface area (Å²) in [6, 6.07) is 63.4. The van der Waals surface area contributed by atoms with E-state index in [1.807, 2.05) is 79.0 Å². The van der Waals surface area contributed by atoms with Crippen molar-refractivity contribution in [2.45, 2.75) is 6.92 Å². The van der Waals surface area contributed by atoms with Crippen LogP contribution in [0.15, 0.2) is 212 Å². The molecule has 0 bridgehead atoms. The zero-order valence-electron chi connectivity index (χ0n) is 35.9. The Balaban J connectivity index is 1.01. The Morgan fingerprint density at radius 3 is 1.80 bits per heavy atom. The lowest BCUT2D eigenvalue weighted by molar-refractivity contribution is 0.483. The van der Waals surface area contributed by atoms with E-state index in [0.717, 1.165) is 83.6 Å². The Bertz CT molecular complexity index is 3300. The molecule has 0 saturated carbocycles. The summed E-state index contributed by atoms with van der Waals surface area (Å²) in [5, 5.41) is 2.13. The summed E-state index contributed by atoms with van der Waals surface area (Å²) in [7, 11) is 0. The predicted molar refractivity (Wildman–Crippen MR) is 248 cm³/mol. The average molecular weight is 776 g/mol. The van der Waals surface area contributed by atoms with Crippen molar-refractivity contribution in [3.8, 4) is 50.7 Å². The van der Waals surface area contributed by atoms with Crippen LogP contribution < -0.4 is 14.5 Å². The molecule has 5 heteroatoms. The van der Waals surface area contributed by atoms with Crippen molar-refractivity contribution in [3.05, 3.63) is 218 Å².